The second-order valence-electron chi connectivity index (χ2n) is 7.74. The third-order valence-corrected chi connectivity index (χ3v) is 5.17. The topological polar surface area (TPSA) is 131 Å². The normalized spacial score (nSPS) is 16.9. The van der Waals surface area contributed by atoms with Gasteiger partial charge in [-0.25, -0.2) is 8.78 Å². The minimum atomic E-state index is -1.25. The predicted octanol–water partition coefficient (Wildman–Crippen LogP) is 2.03. The summed E-state index contributed by atoms with van der Waals surface area (Å²) in [5.41, 5.74) is 0.475. The molecule has 11 nitrogen and oxygen atoms in total. The highest BCUT2D eigenvalue weighted by Crippen LogP contribution is 2.32. The second-order valence-corrected chi connectivity index (χ2v) is 7.74. The van der Waals surface area contributed by atoms with E-state index >= 15 is 4.39 Å². The largest absolute Gasteiger partial charge is 0.463 e. The summed E-state index contributed by atoms with van der Waals surface area (Å²) in [7, 11) is 1.34. The van der Waals surface area contributed by atoms with Gasteiger partial charge in [0.2, 0.25) is 11.8 Å². The van der Waals surface area contributed by atoms with Crippen LogP contribution in [0, 0.1) is 24.4 Å². The number of nitrogens with one attached hydrogen (secondary N) is 2. The van der Waals surface area contributed by atoms with Crippen LogP contribution in [-0.4, -0.2) is 76.4 Å². The first-order chi connectivity index (χ1) is 16.9. The monoisotopic (exact) mass is 495 g/mol. The van der Waals surface area contributed by atoms with Gasteiger partial charge in [-0.15, -0.1) is 0 Å². The first-order valence-corrected chi connectivity index (χ1v) is 10.7. The van der Waals surface area contributed by atoms with Crippen LogP contribution < -0.4 is 15.0 Å². The number of nitrogens with zero attached hydrogens (tertiary/aromatic N) is 5. The van der Waals surface area contributed by atoms with Gasteiger partial charge in [0.1, 0.15) is 11.5 Å². The van der Waals surface area contributed by atoms with Crippen molar-refractivity contribution >= 4 is 17.6 Å². The van der Waals surface area contributed by atoms with E-state index in [4.69, 9.17) is 14.2 Å². The van der Waals surface area contributed by atoms with Crippen molar-refractivity contribution < 1.29 is 32.5 Å². The number of rotatable bonds is 9. The predicted molar refractivity (Wildman–Crippen MR) is 117 cm³/mol. The van der Waals surface area contributed by atoms with E-state index in [9.17, 15) is 13.9 Å². The Labute approximate surface area is 198 Å². The fourth-order valence-corrected chi connectivity index (χ4v) is 3.54. The molecule has 14 heteroatoms. The lowest BCUT2D eigenvalue weighted by Crippen LogP contribution is -2.48. The van der Waals surface area contributed by atoms with Crippen LogP contribution in [-0.2, 0) is 9.47 Å². The van der Waals surface area contributed by atoms with E-state index in [1.165, 1.54) is 12.0 Å². The molecule has 1 fully saturated rings. The van der Waals surface area contributed by atoms with Crippen LogP contribution in [0.15, 0.2) is 18.3 Å². The minimum absolute atomic E-state index is 0.0604. The second kappa shape index (κ2) is 10.8. The fraction of sp³-hybridized carbons (Fsp3) is 0.429. The molecular weight excluding hydrogens is 471 g/mol. The number of aromatic amines is 1. The van der Waals surface area contributed by atoms with E-state index in [1.807, 2.05) is 0 Å². The van der Waals surface area contributed by atoms with E-state index in [0.717, 1.165) is 11.9 Å². The highest BCUT2D eigenvalue weighted by atomic mass is 19.1. The quantitative estimate of drug-likeness (QED) is 0.405. The zero-order valence-corrected chi connectivity index (χ0v) is 19.0. The summed E-state index contributed by atoms with van der Waals surface area (Å²) in [6, 6.07) is 1.76. The van der Waals surface area contributed by atoms with Crippen LogP contribution >= 0.6 is 0 Å². The van der Waals surface area contributed by atoms with Crippen molar-refractivity contribution in [2.75, 3.05) is 50.3 Å². The van der Waals surface area contributed by atoms with Gasteiger partial charge in [-0.1, -0.05) is 0 Å². The van der Waals surface area contributed by atoms with Crippen molar-refractivity contribution in [3.8, 4) is 5.88 Å². The molecule has 1 unspecified atom stereocenters. The molecule has 0 saturated carbocycles. The van der Waals surface area contributed by atoms with Gasteiger partial charge in [-0.2, -0.15) is 19.5 Å². The molecule has 0 amide bonds. The first-order valence-electron chi connectivity index (χ1n) is 10.7. The summed E-state index contributed by atoms with van der Waals surface area (Å²) in [6.45, 7) is 1.95. The van der Waals surface area contributed by atoms with E-state index in [2.05, 4.69) is 30.5 Å². The molecule has 1 aliphatic rings. The molecule has 188 valence electrons. The molecule has 0 radical (unpaired) electrons. The zero-order valence-electron chi connectivity index (χ0n) is 19.0. The van der Waals surface area contributed by atoms with E-state index in [-0.39, 0.29) is 50.4 Å². The van der Waals surface area contributed by atoms with Crippen LogP contribution in [0.1, 0.15) is 17.5 Å². The maximum atomic E-state index is 15.7. The third-order valence-electron chi connectivity index (χ3n) is 5.17. The number of halogens is 3. The molecule has 3 N–H and O–H groups in total. The number of aliphatic hydroxyl groups is 1. The number of methoxy groups -OCH3 is 1. The number of aliphatic hydroxyl groups excluding tert-OH is 1. The van der Waals surface area contributed by atoms with Gasteiger partial charge >= 0.3 is 0 Å². The summed E-state index contributed by atoms with van der Waals surface area (Å²) in [6.07, 6.45) is -0.435. The van der Waals surface area contributed by atoms with Crippen molar-refractivity contribution in [3.63, 3.8) is 0 Å². The summed E-state index contributed by atoms with van der Waals surface area (Å²) in [4.78, 5) is 13.7. The Kier molecular flexibility index (Phi) is 7.63. The van der Waals surface area contributed by atoms with E-state index < -0.39 is 35.5 Å². The molecule has 0 spiro atoms. The van der Waals surface area contributed by atoms with Crippen LogP contribution in [0.3, 0.4) is 0 Å². The molecule has 3 aromatic heterocycles. The zero-order chi connectivity index (χ0) is 24.9. The Morgan fingerprint density at radius 2 is 2.14 bits per heavy atom. The van der Waals surface area contributed by atoms with Gasteiger partial charge in [0.25, 0.3) is 5.88 Å². The molecule has 3 aromatic rings. The number of hydrogen-bond acceptors (Lipinski definition) is 10. The fourth-order valence-electron chi connectivity index (χ4n) is 3.54. The first kappa shape index (κ1) is 24.6. The Hall–Kier alpha value is -3.49. The minimum Gasteiger partial charge on any atom is -0.463 e. The van der Waals surface area contributed by atoms with Gasteiger partial charge in [-0.05, 0) is 6.92 Å². The number of aromatic nitrogens is 5. The maximum absolute atomic E-state index is 15.7. The lowest BCUT2D eigenvalue weighted by Gasteiger charge is -2.35. The molecule has 0 aliphatic carbocycles. The van der Waals surface area contributed by atoms with Crippen molar-refractivity contribution in [2.24, 2.45) is 0 Å². The molecule has 4 rings (SSSR count). The van der Waals surface area contributed by atoms with E-state index in [1.54, 1.807) is 13.0 Å². The Morgan fingerprint density at radius 3 is 2.83 bits per heavy atom. The average Bonchev–Trinajstić information content (AvgIpc) is 3.25. The van der Waals surface area contributed by atoms with E-state index in [0.29, 0.717) is 11.9 Å². The highest BCUT2D eigenvalue weighted by Gasteiger charge is 2.31. The van der Waals surface area contributed by atoms with Gasteiger partial charge < -0.3 is 29.5 Å². The number of ether oxygens (including phenoxy) is 3. The molecule has 4 heterocycles. The number of aryl methyl sites for hydroxylation is 1. The number of pyridine rings is 1. The molecule has 1 saturated heterocycles. The Bertz CT molecular complexity index is 1170. The molecular formula is C21H24F3N7O4. The molecule has 2 atom stereocenters. The van der Waals surface area contributed by atoms with Crippen LogP contribution in [0.2, 0.25) is 0 Å². The van der Waals surface area contributed by atoms with Crippen molar-refractivity contribution in [1.82, 2.24) is 25.1 Å². The van der Waals surface area contributed by atoms with Crippen LogP contribution in [0.25, 0.3) is 0 Å². The highest BCUT2D eigenvalue weighted by molar-refractivity contribution is 5.55. The molecule has 0 bridgehead atoms. The number of morpholine rings is 1. The van der Waals surface area contributed by atoms with Gasteiger partial charge in [0.05, 0.1) is 38.7 Å². The third kappa shape index (κ3) is 5.61. The van der Waals surface area contributed by atoms with Gasteiger partial charge in [0.15, 0.2) is 23.6 Å². The summed E-state index contributed by atoms with van der Waals surface area (Å²) in [5.74, 6) is -3.18. The van der Waals surface area contributed by atoms with Crippen molar-refractivity contribution in [1.29, 1.82) is 0 Å². The number of hydrogen-bond donors (Lipinski definition) is 3. The SMILES string of the molecule is COCC(Oc1nc(Nc2cc(C)[nH]n2)nc(N2CCOC[C@H]2CO)c1F)c1ncc(F)cc1F. The summed E-state index contributed by atoms with van der Waals surface area (Å²) in [5, 5.41) is 19.4. The Morgan fingerprint density at radius 1 is 1.31 bits per heavy atom. The Balaban J connectivity index is 1.75. The van der Waals surface area contributed by atoms with Gasteiger partial charge in [-0.3, -0.25) is 10.1 Å². The van der Waals surface area contributed by atoms with Crippen molar-refractivity contribution in [2.45, 2.75) is 19.1 Å². The van der Waals surface area contributed by atoms with Crippen LogP contribution in [0.4, 0.5) is 30.8 Å². The molecule has 0 aromatic carbocycles. The molecule has 1 aliphatic heterocycles. The smallest absolute Gasteiger partial charge is 0.258 e. The lowest BCUT2D eigenvalue weighted by molar-refractivity contribution is 0.0673. The maximum Gasteiger partial charge on any atom is 0.258 e. The van der Waals surface area contributed by atoms with Crippen LogP contribution in [0.5, 0.6) is 5.88 Å². The standard InChI is InChI=1S/C21H24F3N7O4/c1-11-5-16(30-29-11)26-21-27-19(31-3-4-34-9-13(31)8-32)17(24)20(28-21)35-15(10-33-2)18-14(23)6-12(22)7-25-18/h5-7,13,15,32H,3-4,8-10H2,1-2H3,(H2,26,27,28,29,30)/t13-,15?/m1/s1. The number of H-pyrrole nitrogens is 1. The van der Waals surface area contributed by atoms with Crippen molar-refractivity contribution in [3.05, 3.63) is 47.2 Å². The van der Waals surface area contributed by atoms with Gasteiger partial charge in [0, 0.05) is 31.5 Å². The molecule has 35 heavy (non-hydrogen) atoms. The summed E-state index contributed by atoms with van der Waals surface area (Å²) >= 11 is 0. The average molecular weight is 495 g/mol. The lowest BCUT2D eigenvalue weighted by atomic mass is 10.2. The number of anilines is 3. The summed E-state index contributed by atoms with van der Waals surface area (Å²) < 4.78 is 59.7.